The number of nitrogen functional groups attached to an aromatic ring is 1. The van der Waals surface area contributed by atoms with E-state index >= 15 is 0 Å². The van der Waals surface area contributed by atoms with Crippen LogP contribution in [0.2, 0.25) is 0 Å². The fraction of sp³-hybridized carbons (Fsp3) is 0.182. The molecule has 0 amide bonds. The van der Waals surface area contributed by atoms with Crippen LogP contribution in [0.15, 0.2) is 22.7 Å². The number of hydrogen-bond acceptors (Lipinski definition) is 4. The van der Waals surface area contributed by atoms with Gasteiger partial charge in [-0.1, -0.05) is 15.9 Å². The van der Waals surface area contributed by atoms with E-state index < -0.39 is 6.43 Å². The van der Waals surface area contributed by atoms with Crippen LogP contribution < -0.4 is 16.0 Å². The largest absolute Gasteiger partial charge is 0.494 e. The first-order chi connectivity index (χ1) is 8.58. The van der Waals surface area contributed by atoms with E-state index in [4.69, 9.17) is 10.6 Å². The van der Waals surface area contributed by atoms with Crippen molar-refractivity contribution in [3.63, 3.8) is 0 Å². The van der Waals surface area contributed by atoms with E-state index in [1.165, 1.54) is 13.2 Å². The summed E-state index contributed by atoms with van der Waals surface area (Å²) in [5.74, 6) is 5.77. The standard InChI is InChI=1S/C11H10BrF2N3O/c1-18-8-3-2-5(12)9-6(17-15)4-7(11(13)14)16-10(8)9/h2-4,11H,15H2,1H3,(H,16,17). The average Bonchev–Trinajstić information content (AvgIpc) is 2.37. The van der Waals surface area contributed by atoms with Crippen LogP contribution in [0.1, 0.15) is 12.1 Å². The quantitative estimate of drug-likeness (QED) is 0.674. The summed E-state index contributed by atoms with van der Waals surface area (Å²) in [5, 5.41) is 0.598. The zero-order valence-electron chi connectivity index (χ0n) is 9.38. The van der Waals surface area contributed by atoms with Gasteiger partial charge < -0.3 is 10.2 Å². The number of rotatable bonds is 3. The Balaban J connectivity index is 2.86. The Kier molecular flexibility index (Phi) is 3.63. The Bertz CT molecular complexity index is 592. The number of hydrogen-bond donors (Lipinski definition) is 2. The van der Waals surface area contributed by atoms with Crippen molar-refractivity contribution >= 4 is 32.5 Å². The minimum atomic E-state index is -2.68. The van der Waals surface area contributed by atoms with Crippen molar-refractivity contribution in [1.82, 2.24) is 4.98 Å². The Morgan fingerprint density at radius 2 is 2.17 bits per heavy atom. The first kappa shape index (κ1) is 13.0. The molecule has 0 unspecified atom stereocenters. The normalized spacial score (nSPS) is 11.0. The molecule has 0 saturated carbocycles. The van der Waals surface area contributed by atoms with Crippen molar-refractivity contribution in [3.8, 4) is 5.75 Å². The maximum Gasteiger partial charge on any atom is 0.280 e. The van der Waals surface area contributed by atoms with E-state index in [1.54, 1.807) is 12.1 Å². The number of halogens is 3. The zero-order valence-corrected chi connectivity index (χ0v) is 11.0. The molecule has 0 fully saturated rings. The third kappa shape index (κ3) is 2.11. The van der Waals surface area contributed by atoms with E-state index in [-0.39, 0.29) is 5.69 Å². The second-order valence-corrected chi connectivity index (χ2v) is 4.37. The van der Waals surface area contributed by atoms with Crippen LogP contribution in [-0.4, -0.2) is 12.1 Å². The molecule has 96 valence electrons. The molecular weight excluding hydrogens is 308 g/mol. The number of aromatic nitrogens is 1. The van der Waals surface area contributed by atoms with Gasteiger partial charge in [-0.25, -0.2) is 13.8 Å². The summed E-state index contributed by atoms with van der Waals surface area (Å²) in [4.78, 5) is 3.91. The average molecular weight is 318 g/mol. The second-order valence-electron chi connectivity index (χ2n) is 3.51. The van der Waals surface area contributed by atoms with Crippen molar-refractivity contribution in [2.24, 2.45) is 5.84 Å². The van der Waals surface area contributed by atoms with Gasteiger partial charge >= 0.3 is 0 Å². The van der Waals surface area contributed by atoms with E-state index in [2.05, 4.69) is 26.3 Å². The molecular formula is C11H10BrF2N3O. The highest BCUT2D eigenvalue weighted by Crippen LogP contribution is 2.37. The minimum absolute atomic E-state index is 0.331. The minimum Gasteiger partial charge on any atom is -0.494 e. The topological polar surface area (TPSA) is 60.2 Å². The number of pyridine rings is 1. The van der Waals surface area contributed by atoms with Crippen molar-refractivity contribution in [2.75, 3.05) is 12.5 Å². The number of ether oxygens (including phenoxy) is 1. The lowest BCUT2D eigenvalue weighted by Crippen LogP contribution is -2.09. The number of benzene rings is 1. The summed E-state index contributed by atoms with van der Waals surface area (Å²) in [5.41, 5.74) is 2.74. The van der Waals surface area contributed by atoms with Gasteiger partial charge in [-0.2, -0.15) is 0 Å². The first-order valence-electron chi connectivity index (χ1n) is 5.00. The SMILES string of the molecule is COc1ccc(Br)c2c(NN)cc(C(F)F)nc12. The van der Waals surface area contributed by atoms with Gasteiger partial charge in [-0.05, 0) is 18.2 Å². The molecule has 0 spiro atoms. The Labute approximate surface area is 110 Å². The second kappa shape index (κ2) is 5.03. The fourth-order valence-corrected chi connectivity index (χ4v) is 2.22. The number of fused-ring (bicyclic) bond motifs is 1. The molecule has 3 N–H and O–H groups in total. The van der Waals surface area contributed by atoms with Gasteiger partial charge in [0.1, 0.15) is 17.0 Å². The molecule has 0 aliphatic rings. The number of methoxy groups -OCH3 is 1. The maximum absolute atomic E-state index is 12.8. The molecule has 7 heteroatoms. The van der Waals surface area contributed by atoms with Gasteiger partial charge in [0.2, 0.25) is 0 Å². The van der Waals surface area contributed by atoms with E-state index in [0.29, 0.717) is 26.8 Å². The molecule has 4 nitrogen and oxygen atoms in total. The van der Waals surface area contributed by atoms with Crippen molar-refractivity contribution < 1.29 is 13.5 Å². The van der Waals surface area contributed by atoms with Crippen molar-refractivity contribution in [3.05, 3.63) is 28.4 Å². The molecule has 18 heavy (non-hydrogen) atoms. The maximum atomic E-state index is 12.8. The number of nitrogens with one attached hydrogen (secondary N) is 1. The molecule has 2 aromatic rings. The van der Waals surface area contributed by atoms with Crippen LogP contribution in [0.25, 0.3) is 10.9 Å². The van der Waals surface area contributed by atoms with Crippen LogP contribution in [0.4, 0.5) is 14.5 Å². The van der Waals surface area contributed by atoms with E-state index in [0.717, 1.165) is 0 Å². The summed E-state index contributed by atoms with van der Waals surface area (Å²) in [6.07, 6.45) is -2.68. The smallest absolute Gasteiger partial charge is 0.280 e. The monoisotopic (exact) mass is 317 g/mol. The lowest BCUT2D eigenvalue weighted by atomic mass is 10.1. The van der Waals surface area contributed by atoms with Crippen molar-refractivity contribution in [2.45, 2.75) is 6.43 Å². The van der Waals surface area contributed by atoms with Gasteiger partial charge in [0.05, 0.1) is 12.8 Å². The predicted molar refractivity (Wildman–Crippen MR) is 68.8 cm³/mol. The van der Waals surface area contributed by atoms with Gasteiger partial charge in [0.25, 0.3) is 6.43 Å². The summed E-state index contributed by atoms with van der Waals surface area (Å²) in [6.45, 7) is 0. The highest BCUT2D eigenvalue weighted by molar-refractivity contribution is 9.10. The lowest BCUT2D eigenvalue weighted by Gasteiger charge is -2.12. The Hall–Kier alpha value is -1.47. The number of hydrazine groups is 1. The van der Waals surface area contributed by atoms with E-state index in [9.17, 15) is 8.78 Å². The molecule has 1 aromatic carbocycles. The third-order valence-electron chi connectivity index (χ3n) is 2.49. The Morgan fingerprint density at radius 1 is 1.44 bits per heavy atom. The number of nitrogens with two attached hydrogens (primary N) is 1. The molecule has 0 radical (unpaired) electrons. The molecule has 2 rings (SSSR count). The molecule has 1 heterocycles. The third-order valence-corrected chi connectivity index (χ3v) is 3.15. The number of anilines is 1. The van der Waals surface area contributed by atoms with Crippen molar-refractivity contribution in [1.29, 1.82) is 0 Å². The van der Waals surface area contributed by atoms with Crippen LogP contribution in [0, 0.1) is 0 Å². The molecule has 1 aromatic heterocycles. The number of alkyl halides is 2. The van der Waals surface area contributed by atoms with E-state index in [1.807, 2.05) is 0 Å². The summed E-state index contributed by atoms with van der Waals surface area (Å²) < 4.78 is 31.3. The summed E-state index contributed by atoms with van der Waals surface area (Å²) in [7, 11) is 1.45. The van der Waals surface area contributed by atoms with Crippen LogP contribution in [0.3, 0.4) is 0 Å². The molecule has 0 atom stereocenters. The van der Waals surface area contributed by atoms with Crippen LogP contribution >= 0.6 is 15.9 Å². The van der Waals surface area contributed by atoms with Gasteiger partial charge in [0.15, 0.2) is 0 Å². The molecule has 0 bridgehead atoms. The highest BCUT2D eigenvalue weighted by Gasteiger charge is 2.17. The first-order valence-corrected chi connectivity index (χ1v) is 5.79. The summed E-state index contributed by atoms with van der Waals surface area (Å²) in [6, 6.07) is 4.61. The zero-order chi connectivity index (χ0) is 13.3. The van der Waals surface area contributed by atoms with Crippen LogP contribution in [-0.2, 0) is 0 Å². The molecule has 0 saturated heterocycles. The fourth-order valence-electron chi connectivity index (χ4n) is 1.69. The van der Waals surface area contributed by atoms with Gasteiger partial charge in [-0.3, -0.25) is 5.84 Å². The lowest BCUT2D eigenvalue weighted by molar-refractivity contribution is 0.146. The number of nitrogens with zero attached hydrogens (tertiary/aromatic N) is 1. The highest BCUT2D eigenvalue weighted by atomic mass is 79.9. The van der Waals surface area contributed by atoms with Crippen LogP contribution in [0.5, 0.6) is 5.75 Å². The van der Waals surface area contributed by atoms with Gasteiger partial charge in [-0.15, -0.1) is 0 Å². The van der Waals surface area contributed by atoms with Gasteiger partial charge in [0, 0.05) is 9.86 Å². The summed E-state index contributed by atoms with van der Waals surface area (Å²) >= 11 is 3.33. The Morgan fingerprint density at radius 3 is 2.72 bits per heavy atom. The predicted octanol–water partition coefficient (Wildman–Crippen LogP) is 3.23. The molecule has 0 aliphatic heterocycles. The molecule has 0 aliphatic carbocycles.